The van der Waals surface area contributed by atoms with Crippen LogP contribution in [0.25, 0.3) is 0 Å². The Kier molecular flexibility index (Phi) is 7.81. The van der Waals surface area contributed by atoms with Gasteiger partial charge in [-0.3, -0.25) is 4.79 Å². The number of carbonyl (C=O) groups excluding carboxylic acids is 2. The van der Waals surface area contributed by atoms with Crippen molar-refractivity contribution >= 4 is 32.0 Å². The molecule has 0 aromatic rings. The first-order chi connectivity index (χ1) is 13.5. The SMILES string of the molecule is C=CCOC(=O)C1=C(SCCO)[C@@H](C)[C@H]2[C@H](CCO[Si](C)(C)C(C)(C)C)C(=O)N12. The predicted molar refractivity (Wildman–Crippen MR) is 119 cm³/mol. The highest BCUT2D eigenvalue weighted by molar-refractivity contribution is 8.03. The van der Waals surface area contributed by atoms with Gasteiger partial charge in [0.25, 0.3) is 0 Å². The number of hydrogen-bond donors (Lipinski definition) is 1. The van der Waals surface area contributed by atoms with Gasteiger partial charge in [0.1, 0.15) is 12.3 Å². The van der Waals surface area contributed by atoms with Crippen molar-refractivity contribution in [3.05, 3.63) is 23.3 Å². The number of fused-ring (bicyclic) bond motifs is 1. The summed E-state index contributed by atoms with van der Waals surface area (Å²) in [6.07, 6.45) is 2.16. The maximum atomic E-state index is 12.9. The molecule has 0 saturated carbocycles. The van der Waals surface area contributed by atoms with E-state index < -0.39 is 14.3 Å². The number of hydrogen-bond acceptors (Lipinski definition) is 6. The summed E-state index contributed by atoms with van der Waals surface area (Å²) in [7, 11) is -1.86. The minimum atomic E-state index is -1.86. The fourth-order valence-corrected chi connectivity index (χ4v) is 5.69. The second-order valence-electron chi connectivity index (χ2n) is 9.16. The van der Waals surface area contributed by atoms with Gasteiger partial charge in [-0.05, 0) is 24.6 Å². The third kappa shape index (κ3) is 4.81. The van der Waals surface area contributed by atoms with Crippen LogP contribution in [0, 0.1) is 11.8 Å². The van der Waals surface area contributed by atoms with E-state index in [0.29, 0.717) is 24.5 Å². The van der Waals surface area contributed by atoms with E-state index >= 15 is 0 Å². The van der Waals surface area contributed by atoms with E-state index in [2.05, 4.69) is 40.4 Å². The second-order valence-corrected chi connectivity index (χ2v) is 15.1. The van der Waals surface area contributed by atoms with Crippen LogP contribution in [-0.2, 0) is 18.8 Å². The van der Waals surface area contributed by atoms with Gasteiger partial charge in [-0.25, -0.2) is 4.79 Å². The van der Waals surface area contributed by atoms with Crippen molar-refractivity contribution in [2.45, 2.75) is 58.3 Å². The zero-order valence-corrected chi connectivity index (χ0v) is 20.3. The van der Waals surface area contributed by atoms with Crippen molar-refractivity contribution in [2.75, 3.05) is 25.6 Å². The molecule has 2 aliphatic heterocycles. The quantitative estimate of drug-likeness (QED) is 0.242. The Bertz CT molecular complexity index is 685. The van der Waals surface area contributed by atoms with E-state index in [0.717, 1.165) is 4.91 Å². The topological polar surface area (TPSA) is 76.1 Å². The molecule has 0 aromatic heterocycles. The van der Waals surface area contributed by atoms with Gasteiger partial charge in [0.2, 0.25) is 5.91 Å². The van der Waals surface area contributed by atoms with Crippen LogP contribution in [0.1, 0.15) is 34.1 Å². The lowest BCUT2D eigenvalue weighted by molar-refractivity contribution is -0.158. The average molecular weight is 442 g/mol. The maximum Gasteiger partial charge on any atom is 0.356 e. The number of ether oxygens (including phenoxy) is 1. The van der Waals surface area contributed by atoms with E-state index in [4.69, 9.17) is 9.16 Å². The van der Waals surface area contributed by atoms with Crippen molar-refractivity contribution in [3.63, 3.8) is 0 Å². The van der Waals surface area contributed by atoms with Crippen LogP contribution in [0.3, 0.4) is 0 Å². The van der Waals surface area contributed by atoms with Crippen LogP contribution < -0.4 is 0 Å². The molecule has 1 fully saturated rings. The van der Waals surface area contributed by atoms with Crippen LogP contribution in [-0.4, -0.2) is 61.8 Å². The van der Waals surface area contributed by atoms with Gasteiger partial charge >= 0.3 is 5.97 Å². The summed E-state index contributed by atoms with van der Waals surface area (Å²) < 4.78 is 11.5. The molecule has 1 N–H and O–H groups in total. The van der Waals surface area contributed by atoms with Crippen molar-refractivity contribution in [1.82, 2.24) is 4.90 Å². The van der Waals surface area contributed by atoms with Crippen LogP contribution in [0.5, 0.6) is 0 Å². The molecule has 1 amide bonds. The van der Waals surface area contributed by atoms with Gasteiger partial charge in [-0.1, -0.05) is 40.3 Å². The monoisotopic (exact) mass is 441 g/mol. The number of aliphatic hydroxyl groups excluding tert-OH is 1. The largest absolute Gasteiger partial charge is 0.457 e. The van der Waals surface area contributed by atoms with E-state index in [9.17, 15) is 14.7 Å². The third-order valence-corrected chi connectivity index (χ3v) is 12.0. The van der Waals surface area contributed by atoms with Crippen LogP contribution in [0.2, 0.25) is 18.1 Å². The Morgan fingerprint density at radius 2 is 2.03 bits per heavy atom. The summed E-state index contributed by atoms with van der Waals surface area (Å²) in [6, 6.07) is -0.0435. The molecule has 1 saturated heterocycles. The molecule has 2 rings (SSSR count). The molecule has 29 heavy (non-hydrogen) atoms. The highest BCUT2D eigenvalue weighted by Gasteiger charge is 2.58. The highest BCUT2D eigenvalue weighted by atomic mass is 32.2. The van der Waals surface area contributed by atoms with Gasteiger partial charge in [0.05, 0.1) is 18.6 Å². The second kappa shape index (κ2) is 9.37. The summed E-state index contributed by atoms with van der Waals surface area (Å²) in [4.78, 5) is 28.0. The molecule has 0 radical (unpaired) electrons. The summed E-state index contributed by atoms with van der Waals surface area (Å²) in [5, 5.41) is 9.35. The minimum absolute atomic E-state index is 0.0122. The van der Waals surface area contributed by atoms with Crippen molar-refractivity contribution in [2.24, 2.45) is 11.8 Å². The lowest BCUT2D eigenvalue weighted by Gasteiger charge is -2.46. The molecule has 0 unspecified atom stereocenters. The summed E-state index contributed by atoms with van der Waals surface area (Å²) >= 11 is 1.43. The van der Waals surface area contributed by atoms with Gasteiger partial charge in [-0.15, -0.1) is 11.8 Å². The standard InChI is InChI=1S/C21H35NO5SSi/c1-8-11-26-20(25)17-18(28-13-10-23)14(2)16-15(19(24)22(16)17)9-12-27-29(6,7)21(3,4)5/h8,14-16,23H,1,9-13H2,2-7H3/t14-,15-,16-/m0/s1. The minimum Gasteiger partial charge on any atom is -0.457 e. The lowest BCUT2D eigenvalue weighted by atomic mass is 9.80. The molecule has 164 valence electrons. The molecule has 0 aromatic carbocycles. The van der Waals surface area contributed by atoms with E-state index in [-0.39, 0.29) is 42.0 Å². The van der Waals surface area contributed by atoms with Crippen molar-refractivity contribution in [3.8, 4) is 0 Å². The lowest BCUT2D eigenvalue weighted by Crippen LogP contribution is -2.60. The molecule has 0 bridgehead atoms. The Morgan fingerprint density at radius 3 is 2.59 bits per heavy atom. The van der Waals surface area contributed by atoms with Crippen molar-refractivity contribution in [1.29, 1.82) is 0 Å². The number of rotatable bonds is 10. The Labute approximate surface area is 179 Å². The van der Waals surface area contributed by atoms with Gasteiger partial charge in [0.15, 0.2) is 8.32 Å². The number of esters is 1. The Morgan fingerprint density at radius 1 is 1.38 bits per heavy atom. The fourth-order valence-electron chi connectivity index (χ4n) is 3.60. The normalized spacial score (nSPS) is 24.4. The molecule has 0 aliphatic carbocycles. The van der Waals surface area contributed by atoms with Crippen LogP contribution in [0.15, 0.2) is 23.3 Å². The fraction of sp³-hybridized carbons (Fsp3) is 0.714. The predicted octanol–water partition coefficient (Wildman–Crippen LogP) is 3.54. The first-order valence-corrected chi connectivity index (χ1v) is 14.1. The molecule has 6 nitrogen and oxygen atoms in total. The third-order valence-electron chi connectivity index (χ3n) is 6.24. The summed E-state index contributed by atoms with van der Waals surface area (Å²) in [5.41, 5.74) is 0.342. The smallest absolute Gasteiger partial charge is 0.356 e. The number of thioether (sulfide) groups is 1. The number of aliphatic hydroxyl groups is 1. The number of β-lactam (4-membered cyclic amide) rings is 1. The maximum absolute atomic E-state index is 12.9. The number of nitrogens with zero attached hydrogens (tertiary/aromatic N) is 1. The Hall–Kier alpha value is -1.09. The van der Waals surface area contributed by atoms with E-state index in [1.165, 1.54) is 17.8 Å². The van der Waals surface area contributed by atoms with Gasteiger partial charge in [0, 0.05) is 23.2 Å². The Balaban J connectivity index is 2.11. The highest BCUT2D eigenvalue weighted by Crippen LogP contribution is 2.50. The molecular formula is C21H35NO5SSi. The molecule has 0 spiro atoms. The molecule has 8 heteroatoms. The van der Waals surface area contributed by atoms with E-state index in [1.807, 2.05) is 6.92 Å². The van der Waals surface area contributed by atoms with Crippen LogP contribution in [0.4, 0.5) is 0 Å². The zero-order valence-electron chi connectivity index (χ0n) is 18.5. The summed E-state index contributed by atoms with van der Waals surface area (Å²) in [5.74, 6) is -0.168. The summed E-state index contributed by atoms with van der Waals surface area (Å²) in [6.45, 7) is 17.3. The van der Waals surface area contributed by atoms with Gasteiger partial charge in [-0.2, -0.15) is 0 Å². The zero-order chi connectivity index (χ0) is 22.0. The number of carbonyl (C=O) groups is 2. The molecule has 2 aliphatic rings. The average Bonchev–Trinajstić information content (AvgIpc) is 2.89. The number of amides is 1. The first kappa shape index (κ1) is 24.2. The first-order valence-electron chi connectivity index (χ1n) is 10.2. The molecule has 3 atom stereocenters. The van der Waals surface area contributed by atoms with Crippen molar-refractivity contribution < 1.29 is 23.9 Å². The molecule has 2 heterocycles. The van der Waals surface area contributed by atoms with E-state index in [1.54, 1.807) is 4.90 Å². The molecular weight excluding hydrogens is 406 g/mol. The van der Waals surface area contributed by atoms with Crippen LogP contribution >= 0.6 is 11.8 Å². The van der Waals surface area contributed by atoms with Gasteiger partial charge < -0.3 is 19.2 Å².